The predicted octanol–water partition coefficient (Wildman–Crippen LogP) is 1.88. The first-order valence-electron chi connectivity index (χ1n) is 5.12. The Balaban J connectivity index is 2.09. The van der Waals surface area contributed by atoms with E-state index in [1.807, 2.05) is 0 Å². The molecule has 3 aliphatic rings. The fourth-order valence-electron chi connectivity index (χ4n) is 3.85. The minimum atomic E-state index is -0.991. The van der Waals surface area contributed by atoms with Gasteiger partial charge in [-0.15, -0.1) is 0 Å². The van der Waals surface area contributed by atoms with Gasteiger partial charge < -0.3 is 0 Å². The van der Waals surface area contributed by atoms with E-state index < -0.39 is 11.1 Å². The summed E-state index contributed by atoms with van der Waals surface area (Å²) in [6, 6.07) is 0. The lowest BCUT2D eigenvalue weighted by Gasteiger charge is -2.35. The molecule has 0 radical (unpaired) electrons. The molecule has 0 aromatic carbocycles. The Labute approximate surface area is 81.7 Å². The summed E-state index contributed by atoms with van der Waals surface area (Å²) in [5, 5.41) is 0. The lowest BCUT2D eigenvalue weighted by Crippen LogP contribution is -2.37. The SMILES string of the molecule is CC1(C)[C@@H]2CC[C@]13C[S@@](=O)O[C@@H]3C2. The van der Waals surface area contributed by atoms with Crippen molar-refractivity contribution in [1.82, 2.24) is 0 Å². The Bertz CT molecular complexity index is 287. The molecule has 2 bridgehead atoms. The van der Waals surface area contributed by atoms with Gasteiger partial charge in [0, 0.05) is 5.41 Å². The lowest BCUT2D eigenvalue weighted by molar-refractivity contribution is 0.0730. The molecule has 74 valence electrons. The number of fused-ring (bicyclic) bond motifs is 1. The smallest absolute Gasteiger partial charge is 0.156 e. The molecule has 1 aliphatic heterocycles. The molecule has 13 heavy (non-hydrogen) atoms. The Morgan fingerprint density at radius 1 is 1.46 bits per heavy atom. The third kappa shape index (κ3) is 0.769. The van der Waals surface area contributed by atoms with E-state index in [9.17, 15) is 4.21 Å². The highest BCUT2D eigenvalue weighted by atomic mass is 32.2. The van der Waals surface area contributed by atoms with Crippen molar-refractivity contribution in [1.29, 1.82) is 0 Å². The van der Waals surface area contributed by atoms with Crippen LogP contribution in [0.2, 0.25) is 0 Å². The molecule has 1 heterocycles. The van der Waals surface area contributed by atoms with Gasteiger partial charge >= 0.3 is 0 Å². The van der Waals surface area contributed by atoms with Gasteiger partial charge in [0.2, 0.25) is 0 Å². The van der Waals surface area contributed by atoms with Crippen LogP contribution in [0.1, 0.15) is 33.1 Å². The van der Waals surface area contributed by atoms with E-state index in [4.69, 9.17) is 4.18 Å². The van der Waals surface area contributed by atoms with E-state index in [1.54, 1.807) is 0 Å². The summed E-state index contributed by atoms with van der Waals surface area (Å²) in [6.07, 6.45) is 4.02. The zero-order valence-corrected chi connectivity index (χ0v) is 9.02. The van der Waals surface area contributed by atoms with E-state index in [1.165, 1.54) is 12.8 Å². The number of hydrogen-bond acceptors (Lipinski definition) is 2. The third-order valence-corrected chi connectivity index (χ3v) is 6.15. The molecule has 2 aliphatic carbocycles. The average molecular weight is 200 g/mol. The van der Waals surface area contributed by atoms with Gasteiger partial charge in [-0.05, 0) is 30.6 Å². The van der Waals surface area contributed by atoms with Crippen LogP contribution in [0.25, 0.3) is 0 Å². The van der Waals surface area contributed by atoms with Crippen molar-refractivity contribution >= 4 is 11.1 Å². The van der Waals surface area contributed by atoms with Crippen LogP contribution in [0.4, 0.5) is 0 Å². The van der Waals surface area contributed by atoms with Gasteiger partial charge in [0.05, 0.1) is 11.9 Å². The van der Waals surface area contributed by atoms with Crippen molar-refractivity contribution in [2.24, 2.45) is 16.7 Å². The van der Waals surface area contributed by atoms with Crippen LogP contribution in [0.3, 0.4) is 0 Å². The number of hydrogen-bond donors (Lipinski definition) is 0. The normalized spacial score (nSPS) is 56.9. The minimum Gasteiger partial charge on any atom is -0.287 e. The van der Waals surface area contributed by atoms with Crippen LogP contribution in [0.5, 0.6) is 0 Å². The Morgan fingerprint density at radius 3 is 2.85 bits per heavy atom. The zero-order chi connectivity index (χ0) is 9.27. The van der Waals surface area contributed by atoms with Crippen molar-refractivity contribution in [3.05, 3.63) is 0 Å². The van der Waals surface area contributed by atoms with E-state index in [0.29, 0.717) is 11.5 Å². The van der Waals surface area contributed by atoms with Gasteiger partial charge in [-0.3, -0.25) is 4.18 Å². The molecule has 1 saturated heterocycles. The molecule has 3 heteroatoms. The molecular formula is C10H16O2S. The molecule has 0 unspecified atom stereocenters. The van der Waals surface area contributed by atoms with Crippen LogP contribution >= 0.6 is 0 Å². The minimum absolute atomic E-state index is 0.266. The van der Waals surface area contributed by atoms with Crippen LogP contribution in [-0.4, -0.2) is 16.1 Å². The Morgan fingerprint density at radius 2 is 2.23 bits per heavy atom. The standard InChI is InChI=1S/C10H16O2S/c1-9(2)7-3-4-10(9)6-13(11)12-8(10)5-7/h7-8H,3-6H2,1-2H3/t7-,8-,10-,13+/m1/s1. The summed E-state index contributed by atoms with van der Waals surface area (Å²) in [7, 11) is 0. The van der Waals surface area contributed by atoms with E-state index in [-0.39, 0.29) is 5.41 Å². The first-order valence-corrected chi connectivity index (χ1v) is 6.36. The van der Waals surface area contributed by atoms with Crippen LogP contribution in [0, 0.1) is 16.7 Å². The largest absolute Gasteiger partial charge is 0.287 e. The first-order chi connectivity index (χ1) is 6.06. The quantitative estimate of drug-likeness (QED) is 0.597. The molecule has 0 amide bonds. The van der Waals surface area contributed by atoms with E-state index >= 15 is 0 Å². The molecule has 1 spiro atoms. The van der Waals surface area contributed by atoms with Crippen LogP contribution in [-0.2, 0) is 15.3 Å². The highest BCUT2D eigenvalue weighted by Crippen LogP contribution is 2.68. The van der Waals surface area contributed by atoms with Gasteiger partial charge in [-0.2, -0.15) is 0 Å². The molecule has 2 saturated carbocycles. The Hall–Kier alpha value is 0.110. The summed E-state index contributed by atoms with van der Waals surface area (Å²) >= 11 is -0.991. The lowest BCUT2D eigenvalue weighted by atomic mass is 9.70. The summed E-state index contributed by atoms with van der Waals surface area (Å²) in [5.41, 5.74) is 0.631. The predicted molar refractivity (Wildman–Crippen MR) is 51.4 cm³/mol. The summed E-state index contributed by atoms with van der Waals surface area (Å²) in [4.78, 5) is 0. The average Bonchev–Trinajstić information content (AvgIpc) is 2.55. The van der Waals surface area contributed by atoms with Gasteiger partial charge in [-0.25, -0.2) is 4.21 Å². The third-order valence-electron chi connectivity index (χ3n) is 4.96. The molecule has 4 atom stereocenters. The topological polar surface area (TPSA) is 26.3 Å². The van der Waals surface area contributed by atoms with Crippen LogP contribution < -0.4 is 0 Å². The monoisotopic (exact) mass is 200 g/mol. The second-order valence-corrected chi connectivity index (χ2v) is 6.47. The zero-order valence-electron chi connectivity index (χ0n) is 8.21. The van der Waals surface area contributed by atoms with Crippen molar-refractivity contribution < 1.29 is 8.39 Å². The molecule has 3 fully saturated rings. The van der Waals surface area contributed by atoms with Crippen molar-refractivity contribution in [2.45, 2.75) is 39.2 Å². The van der Waals surface area contributed by atoms with Gasteiger partial charge in [0.25, 0.3) is 0 Å². The fourth-order valence-corrected chi connectivity index (χ4v) is 5.56. The number of rotatable bonds is 0. The van der Waals surface area contributed by atoms with E-state index in [2.05, 4.69) is 13.8 Å². The van der Waals surface area contributed by atoms with Gasteiger partial charge in [-0.1, -0.05) is 13.8 Å². The summed E-state index contributed by atoms with van der Waals surface area (Å²) in [5.74, 6) is 1.61. The molecular weight excluding hydrogens is 184 g/mol. The highest BCUT2D eigenvalue weighted by molar-refractivity contribution is 7.80. The second kappa shape index (κ2) is 2.19. The highest BCUT2D eigenvalue weighted by Gasteiger charge is 2.68. The van der Waals surface area contributed by atoms with Crippen molar-refractivity contribution in [2.75, 3.05) is 5.75 Å². The maximum Gasteiger partial charge on any atom is 0.156 e. The summed E-state index contributed by atoms with van der Waals surface area (Å²) in [6.45, 7) is 4.69. The van der Waals surface area contributed by atoms with Gasteiger partial charge in [0.1, 0.15) is 0 Å². The molecule has 2 nitrogen and oxygen atoms in total. The fraction of sp³-hybridized carbons (Fsp3) is 1.00. The maximum atomic E-state index is 11.4. The van der Waals surface area contributed by atoms with Crippen molar-refractivity contribution in [3.8, 4) is 0 Å². The Kier molecular flexibility index (Phi) is 1.42. The van der Waals surface area contributed by atoms with Crippen LogP contribution in [0.15, 0.2) is 0 Å². The van der Waals surface area contributed by atoms with E-state index in [0.717, 1.165) is 18.1 Å². The molecule has 0 aromatic rings. The van der Waals surface area contributed by atoms with Gasteiger partial charge in [0.15, 0.2) is 11.1 Å². The molecule has 0 N–H and O–H groups in total. The molecule has 0 aromatic heterocycles. The summed E-state index contributed by atoms with van der Waals surface area (Å²) < 4.78 is 16.9. The first kappa shape index (κ1) is 8.42. The molecule has 3 rings (SSSR count). The second-order valence-electron chi connectivity index (χ2n) is 5.38. The van der Waals surface area contributed by atoms with Crippen molar-refractivity contribution in [3.63, 3.8) is 0 Å². The maximum absolute atomic E-state index is 11.4.